The summed E-state index contributed by atoms with van der Waals surface area (Å²) in [4.78, 5) is 12.3. The van der Waals surface area contributed by atoms with E-state index in [1.165, 1.54) is 19.2 Å². The van der Waals surface area contributed by atoms with E-state index in [4.69, 9.17) is 14.2 Å². The first kappa shape index (κ1) is 19.0. The van der Waals surface area contributed by atoms with Gasteiger partial charge in [0.15, 0.2) is 11.6 Å². The number of halogens is 1. The fourth-order valence-electron chi connectivity index (χ4n) is 3.17. The number of hydrogen-bond acceptors (Lipinski definition) is 4. The molecule has 0 spiro atoms. The summed E-state index contributed by atoms with van der Waals surface area (Å²) in [6.45, 7) is 4.81. The topological polar surface area (TPSA) is 56.8 Å². The Kier molecular flexibility index (Phi) is 5.84. The predicted molar refractivity (Wildman–Crippen MR) is 99.9 cm³/mol. The molecule has 0 radical (unpaired) electrons. The van der Waals surface area contributed by atoms with Gasteiger partial charge in [-0.05, 0) is 43.7 Å². The summed E-state index contributed by atoms with van der Waals surface area (Å²) >= 11 is 0. The lowest BCUT2D eigenvalue weighted by Crippen LogP contribution is -2.25. The van der Waals surface area contributed by atoms with E-state index in [9.17, 15) is 9.18 Å². The monoisotopic (exact) mass is 373 g/mol. The lowest BCUT2D eigenvalue weighted by atomic mass is 10.1. The van der Waals surface area contributed by atoms with Crippen molar-refractivity contribution in [3.8, 4) is 17.2 Å². The molecule has 1 aliphatic rings. The fraction of sp³-hybridized carbons (Fsp3) is 0.381. The van der Waals surface area contributed by atoms with Crippen molar-refractivity contribution >= 4 is 5.91 Å². The van der Waals surface area contributed by atoms with E-state index in [1.54, 1.807) is 6.07 Å². The van der Waals surface area contributed by atoms with Gasteiger partial charge in [-0.15, -0.1) is 0 Å². The van der Waals surface area contributed by atoms with E-state index < -0.39 is 5.82 Å². The molecule has 0 bridgehead atoms. The van der Waals surface area contributed by atoms with E-state index in [2.05, 4.69) is 5.32 Å². The Balaban J connectivity index is 1.66. The van der Waals surface area contributed by atoms with E-state index in [1.807, 2.05) is 26.0 Å². The Morgan fingerprint density at radius 2 is 2.11 bits per heavy atom. The van der Waals surface area contributed by atoms with Crippen LogP contribution in [0.15, 0.2) is 30.3 Å². The number of rotatable bonds is 7. The zero-order valence-electron chi connectivity index (χ0n) is 15.8. The van der Waals surface area contributed by atoms with E-state index in [0.29, 0.717) is 18.7 Å². The highest BCUT2D eigenvalue weighted by Gasteiger charge is 2.22. The molecule has 0 fully saturated rings. The van der Waals surface area contributed by atoms with Gasteiger partial charge in [0, 0.05) is 24.1 Å². The van der Waals surface area contributed by atoms with Gasteiger partial charge in [0.25, 0.3) is 0 Å². The standard InChI is InChI=1S/C21H24FNO4/c1-4-26-19-10-15-7-13(2)27-20(15)11-16(19)12-23-21(24)9-14-5-6-18(25-3)17(22)8-14/h5-6,8,10-11,13H,4,7,9,12H2,1-3H3,(H,23,24). The summed E-state index contributed by atoms with van der Waals surface area (Å²) < 4.78 is 30.2. The van der Waals surface area contributed by atoms with E-state index in [0.717, 1.165) is 29.0 Å². The smallest absolute Gasteiger partial charge is 0.224 e. The van der Waals surface area contributed by atoms with E-state index >= 15 is 0 Å². The van der Waals surface area contributed by atoms with Crippen LogP contribution in [-0.2, 0) is 24.2 Å². The number of ether oxygens (including phenoxy) is 3. The van der Waals surface area contributed by atoms with Crippen molar-refractivity contribution in [2.24, 2.45) is 0 Å². The highest BCUT2D eigenvalue weighted by Crippen LogP contribution is 2.35. The van der Waals surface area contributed by atoms with Crippen LogP contribution in [0.4, 0.5) is 4.39 Å². The Morgan fingerprint density at radius 3 is 2.81 bits per heavy atom. The molecule has 27 heavy (non-hydrogen) atoms. The Bertz CT molecular complexity index is 837. The molecule has 0 aliphatic carbocycles. The third-order valence-corrected chi connectivity index (χ3v) is 4.44. The molecular formula is C21H24FNO4. The number of carbonyl (C=O) groups excluding carboxylic acids is 1. The number of amides is 1. The van der Waals surface area contributed by atoms with Gasteiger partial charge in [0.1, 0.15) is 17.6 Å². The molecule has 6 heteroatoms. The van der Waals surface area contributed by atoms with Gasteiger partial charge in [-0.2, -0.15) is 0 Å². The second kappa shape index (κ2) is 8.29. The molecule has 0 saturated carbocycles. The number of benzene rings is 2. The lowest BCUT2D eigenvalue weighted by Gasteiger charge is -2.13. The highest BCUT2D eigenvalue weighted by molar-refractivity contribution is 5.78. The van der Waals surface area contributed by atoms with Gasteiger partial charge in [-0.3, -0.25) is 4.79 Å². The van der Waals surface area contributed by atoms with Gasteiger partial charge in [0.2, 0.25) is 5.91 Å². The zero-order chi connectivity index (χ0) is 19.4. The SMILES string of the molecule is CCOc1cc2c(cc1CNC(=O)Cc1ccc(OC)c(F)c1)OC(C)C2. The second-order valence-electron chi connectivity index (χ2n) is 6.56. The summed E-state index contributed by atoms with van der Waals surface area (Å²) in [6.07, 6.45) is 1.08. The third kappa shape index (κ3) is 4.51. The maximum atomic E-state index is 13.8. The molecule has 2 aromatic rings. The van der Waals surface area contributed by atoms with Gasteiger partial charge in [-0.25, -0.2) is 4.39 Å². The normalized spacial score (nSPS) is 15.0. The van der Waals surface area contributed by atoms with Crippen LogP contribution in [0.3, 0.4) is 0 Å². The maximum Gasteiger partial charge on any atom is 0.224 e. The first-order valence-corrected chi connectivity index (χ1v) is 9.04. The molecule has 5 nitrogen and oxygen atoms in total. The summed E-state index contributed by atoms with van der Waals surface area (Å²) in [5, 5.41) is 2.87. The van der Waals surface area contributed by atoms with Crippen LogP contribution in [0.2, 0.25) is 0 Å². The Hall–Kier alpha value is -2.76. The maximum absolute atomic E-state index is 13.8. The van der Waals surface area contributed by atoms with E-state index in [-0.39, 0.29) is 24.2 Å². The second-order valence-corrected chi connectivity index (χ2v) is 6.56. The molecule has 0 saturated heterocycles. The van der Waals surface area contributed by atoms with Crippen LogP contribution in [0.1, 0.15) is 30.5 Å². The van der Waals surface area contributed by atoms with Crippen molar-refractivity contribution in [2.75, 3.05) is 13.7 Å². The van der Waals surface area contributed by atoms with Crippen LogP contribution in [-0.4, -0.2) is 25.7 Å². The third-order valence-electron chi connectivity index (χ3n) is 4.44. The van der Waals surface area contributed by atoms with Crippen LogP contribution in [0, 0.1) is 5.82 Å². The van der Waals surface area contributed by atoms with Crippen molar-refractivity contribution in [3.63, 3.8) is 0 Å². The average molecular weight is 373 g/mol. The first-order chi connectivity index (χ1) is 13.0. The van der Waals surface area contributed by atoms with Crippen molar-refractivity contribution < 1.29 is 23.4 Å². The molecule has 2 aromatic carbocycles. The molecular weight excluding hydrogens is 349 g/mol. The fourth-order valence-corrected chi connectivity index (χ4v) is 3.17. The van der Waals surface area contributed by atoms with Crippen molar-refractivity contribution in [1.29, 1.82) is 0 Å². The van der Waals surface area contributed by atoms with Crippen LogP contribution >= 0.6 is 0 Å². The van der Waals surface area contributed by atoms with Crippen molar-refractivity contribution in [2.45, 2.75) is 39.3 Å². The number of methoxy groups -OCH3 is 1. The Morgan fingerprint density at radius 1 is 1.30 bits per heavy atom. The Labute approximate surface area is 158 Å². The van der Waals surface area contributed by atoms with Gasteiger partial charge in [0.05, 0.1) is 20.1 Å². The molecule has 1 aliphatic heterocycles. The zero-order valence-corrected chi connectivity index (χ0v) is 15.8. The summed E-state index contributed by atoms with van der Waals surface area (Å²) in [5.74, 6) is 1.08. The lowest BCUT2D eigenvalue weighted by molar-refractivity contribution is -0.120. The van der Waals surface area contributed by atoms with Crippen LogP contribution in [0.25, 0.3) is 0 Å². The number of hydrogen-bond donors (Lipinski definition) is 1. The minimum Gasteiger partial charge on any atom is -0.494 e. The molecule has 1 heterocycles. The number of carbonyl (C=O) groups is 1. The van der Waals surface area contributed by atoms with Crippen molar-refractivity contribution in [3.05, 3.63) is 52.8 Å². The van der Waals surface area contributed by atoms with Crippen LogP contribution < -0.4 is 19.5 Å². The summed E-state index contributed by atoms with van der Waals surface area (Å²) in [7, 11) is 1.40. The largest absolute Gasteiger partial charge is 0.494 e. The number of fused-ring (bicyclic) bond motifs is 1. The predicted octanol–water partition coefficient (Wildman–Crippen LogP) is 3.42. The summed E-state index contributed by atoms with van der Waals surface area (Å²) in [5.41, 5.74) is 2.57. The van der Waals surface area contributed by atoms with Crippen LogP contribution in [0.5, 0.6) is 17.2 Å². The minimum absolute atomic E-state index is 0.0867. The summed E-state index contributed by atoms with van der Waals surface area (Å²) in [6, 6.07) is 8.43. The minimum atomic E-state index is -0.480. The number of nitrogens with one attached hydrogen (secondary N) is 1. The highest BCUT2D eigenvalue weighted by atomic mass is 19.1. The quantitative estimate of drug-likeness (QED) is 0.808. The molecule has 144 valence electrons. The molecule has 1 amide bonds. The van der Waals surface area contributed by atoms with Gasteiger partial charge >= 0.3 is 0 Å². The van der Waals surface area contributed by atoms with Crippen molar-refractivity contribution in [1.82, 2.24) is 5.32 Å². The first-order valence-electron chi connectivity index (χ1n) is 9.04. The van der Waals surface area contributed by atoms with Gasteiger partial charge < -0.3 is 19.5 Å². The van der Waals surface area contributed by atoms with Gasteiger partial charge in [-0.1, -0.05) is 6.07 Å². The molecule has 1 atom stereocenters. The molecule has 1 N–H and O–H groups in total. The average Bonchev–Trinajstić information content (AvgIpc) is 2.99. The molecule has 3 rings (SSSR count). The molecule has 0 aromatic heterocycles. The molecule has 1 unspecified atom stereocenters.